The molecular weight excluding hydrogens is 314 g/mol. The van der Waals surface area contributed by atoms with Gasteiger partial charge in [-0.05, 0) is 55.4 Å². The standard InChI is InChI=1S/C21H27NO3/c23-19(14-17-13-15-6-7-16(17)12-15)22-10-8-21(9-11-22,20(24)25)18-4-2-1-3-5-18/h1-5,15-17H,6-14H2,(H,24,25). The highest BCUT2D eigenvalue weighted by Crippen LogP contribution is 2.49. The third kappa shape index (κ3) is 2.96. The molecule has 3 unspecified atom stereocenters. The van der Waals surface area contributed by atoms with Crippen LogP contribution in [0.2, 0.25) is 0 Å². The topological polar surface area (TPSA) is 57.6 Å². The number of aliphatic carboxylic acids is 1. The van der Waals surface area contributed by atoms with Crippen molar-refractivity contribution in [3.05, 3.63) is 35.9 Å². The third-order valence-electron chi connectivity index (χ3n) is 7.03. The highest BCUT2D eigenvalue weighted by Gasteiger charge is 2.45. The minimum absolute atomic E-state index is 0.240. The van der Waals surface area contributed by atoms with Gasteiger partial charge in [-0.15, -0.1) is 0 Å². The van der Waals surface area contributed by atoms with Crippen LogP contribution >= 0.6 is 0 Å². The van der Waals surface area contributed by atoms with Gasteiger partial charge < -0.3 is 10.0 Å². The molecular formula is C21H27NO3. The number of rotatable bonds is 4. The molecule has 0 spiro atoms. The molecule has 4 nitrogen and oxygen atoms in total. The lowest BCUT2D eigenvalue weighted by atomic mass is 9.72. The number of piperidine rings is 1. The molecule has 3 aliphatic rings. The zero-order chi connectivity index (χ0) is 17.4. The van der Waals surface area contributed by atoms with Crippen LogP contribution < -0.4 is 0 Å². The van der Waals surface area contributed by atoms with E-state index in [9.17, 15) is 14.7 Å². The summed E-state index contributed by atoms with van der Waals surface area (Å²) in [5, 5.41) is 9.86. The third-order valence-corrected chi connectivity index (χ3v) is 7.03. The van der Waals surface area contributed by atoms with Crippen LogP contribution in [0, 0.1) is 17.8 Å². The fourth-order valence-corrected chi connectivity index (χ4v) is 5.50. The lowest BCUT2D eigenvalue weighted by Crippen LogP contribution is -2.49. The quantitative estimate of drug-likeness (QED) is 0.912. The van der Waals surface area contributed by atoms with Crippen molar-refractivity contribution in [2.24, 2.45) is 17.8 Å². The van der Waals surface area contributed by atoms with Gasteiger partial charge in [0, 0.05) is 19.5 Å². The normalized spacial score (nSPS) is 30.4. The summed E-state index contributed by atoms with van der Waals surface area (Å²) in [6.07, 6.45) is 6.91. The van der Waals surface area contributed by atoms with E-state index >= 15 is 0 Å². The van der Waals surface area contributed by atoms with E-state index in [1.807, 2.05) is 35.2 Å². The van der Waals surface area contributed by atoms with E-state index in [2.05, 4.69) is 0 Å². The Morgan fingerprint density at radius 1 is 1.08 bits per heavy atom. The summed E-state index contributed by atoms with van der Waals surface area (Å²) in [5.41, 5.74) is 0.0208. The molecule has 1 N–H and O–H groups in total. The molecule has 25 heavy (non-hydrogen) atoms. The van der Waals surface area contributed by atoms with Crippen molar-refractivity contribution in [1.29, 1.82) is 0 Å². The average Bonchev–Trinajstić information content (AvgIpc) is 3.25. The zero-order valence-electron chi connectivity index (χ0n) is 14.7. The monoisotopic (exact) mass is 341 g/mol. The molecule has 1 aliphatic heterocycles. The highest BCUT2D eigenvalue weighted by molar-refractivity contribution is 5.82. The number of carboxylic acids is 1. The van der Waals surface area contributed by atoms with E-state index in [4.69, 9.17) is 0 Å². The van der Waals surface area contributed by atoms with Crippen LogP contribution in [-0.4, -0.2) is 35.0 Å². The van der Waals surface area contributed by atoms with Crippen LogP contribution in [0.3, 0.4) is 0 Å². The number of benzene rings is 1. The summed E-state index contributed by atoms with van der Waals surface area (Å²) < 4.78 is 0. The van der Waals surface area contributed by atoms with E-state index in [1.54, 1.807) is 0 Å². The van der Waals surface area contributed by atoms with Crippen LogP contribution in [0.5, 0.6) is 0 Å². The number of carboxylic acid groups (broad SMARTS) is 1. The molecule has 4 rings (SSSR count). The molecule has 1 saturated heterocycles. The van der Waals surface area contributed by atoms with Gasteiger partial charge in [0.1, 0.15) is 0 Å². The van der Waals surface area contributed by atoms with Crippen LogP contribution in [0.15, 0.2) is 30.3 Å². The van der Waals surface area contributed by atoms with E-state index in [-0.39, 0.29) is 5.91 Å². The van der Waals surface area contributed by atoms with Crippen LogP contribution in [0.25, 0.3) is 0 Å². The van der Waals surface area contributed by atoms with Gasteiger partial charge in [-0.2, -0.15) is 0 Å². The summed E-state index contributed by atoms with van der Waals surface area (Å²) in [6, 6.07) is 9.51. The van der Waals surface area contributed by atoms with Crippen molar-refractivity contribution >= 4 is 11.9 Å². The summed E-state index contributed by atoms with van der Waals surface area (Å²) >= 11 is 0. The van der Waals surface area contributed by atoms with Gasteiger partial charge in [0.2, 0.25) is 5.91 Å². The maximum absolute atomic E-state index is 12.7. The van der Waals surface area contributed by atoms with E-state index in [1.165, 1.54) is 25.7 Å². The Kier molecular flexibility index (Phi) is 4.30. The number of amides is 1. The molecule has 1 heterocycles. The van der Waals surface area contributed by atoms with Gasteiger partial charge in [-0.25, -0.2) is 0 Å². The molecule has 1 aromatic carbocycles. The fourth-order valence-electron chi connectivity index (χ4n) is 5.50. The molecule has 2 bridgehead atoms. The molecule has 1 aromatic rings. The highest BCUT2D eigenvalue weighted by atomic mass is 16.4. The van der Waals surface area contributed by atoms with Crippen molar-refractivity contribution < 1.29 is 14.7 Å². The van der Waals surface area contributed by atoms with Crippen molar-refractivity contribution in [1.82, 2.24) is 4.90 Å². The Bertz CT molecular complexity index is 648. The number of carbonyl (C=O) groups excluding carboxylic acids is 1. The van der Waals surface area contributed by atoms with Crippen molar-refractivity contribution in [3.8, 4) is 0 Å². The first-order valence-corrected chi connectivity index (χ1v) is 9.65. The number of carbonyl (C=O) groups is 2. The molecule has 2 saturated carbocycles. The molecule has 134 valence electrons. The summed E-state index contributed by atoms with van der Waals surface area (Å²) in [6.45, 7) is 1.11. The van der Waals surface area contributed by atoms with Crippen molar-refractivity contribution in [3.63, 3.8) is 0 Å². The van der Waals surface area contributed by atoms with Gasteiger partial charge >= 0.3 is 5.97 Å². The molecule has 3 fully saturated rings. The number of hydrogen-bond donors (Lipinski definition) is 1. The molecule has 4 heteroatoms. The number of nitrogens with zero attached hydrogens (tertiary/aromatic N) is 1. The van der Waals surface area contributed by atoms with E-state index in [0.717, 1.165) is 17.4 Å². The SMILES string of the molecule is O=C(CC1CC2CCC1C2)N1CCC(C(=O)O)(c2ccccc2)CC1. The molecule has 1 amide bonds. The first kappa shape index (κ1) is 16.6. The second kappa shape index (κ2) is 6.47. The zero-order valence-corrected chi connectivity index (χ0v) is 14.7. The first-order chi connectivity index (χ1) is 12.1. The lowest BCUT2D eigenvalue weighted by Gasteiger charge is -2.39. The minimum atomic E-state index is -0.843. The van der Waals surface area contributed by atoms with Gasteiger partial charge in [0.15, 0.2) is 0 Å². The molecule has 0 aromatic heterocycles. The maximum atomic E-state index is 12.7. The summed E-state index contributed by atoms with van der Waals surface area (Å²) in [7, 11) is 0. The molecule has 0 radical (unpaired) electrons. The first-order valence-electron chi connectivity index (χ1n) is 9.65. The number of hydrogen-bond acceptors (Lipinski definition) is 2. The summed E-state index contributed by atoms with van der Waals surface area (Å²) in [5.74, 6) is 1.68. The van der Waals surface area contributed by atoms with Crippen molar-refractivity contribution in [2.75, 3.05) is 13.1 Å². The van der Waals surface area contributed by atoms with Crippen LogP contribution in [-0.2, 0) is 15.0 Å². The second-order valence-corrected chi connectivity index (χ2v) is 8.27. The Balaban J connectivity index is 1.40. The van der Waals surface area contributed by atoms with Crippen molar-refractivity contribution in [2.45, 2.75) is 50.4 Å². The second-order valence-electron chi connectivity index (χ2n) is 8.27. The van der Waals surface area contributed by atoms with Gasteiger partial charge in [-0.3, -0.25) is 9.59 Å². The minimum Gasteiger partial charge on any atom is -0.481 e. The summed E-state index contributed by atoms with van der Waals surface area (Å²) in [4.78, 5) is 26.7. The van der Waals surface area contributed by atoms with E-state index < -0.39 is 11.4 Å². The Morgan fingerprint density at radius 3 is 2.36 bits per heavy atom. The van der Waals surface area contributed by atoms with Crippen LogP contribution in [0.4, 0.5) is 0 Å². The Hall–Kier alpha value is -1.84. The van der Waals surface area contributed by atoms with Gasteiger partial charge in [0.25, 0.3) is 0 Å². The van der Waals surface area contributed by atoms with Gasteiger partial charge in [-0.1, -0.05) is 36.8 Å². The largest absolute Gasteiger partial charge is 0.481 e. The van der Waals surface area contributed by atoms with E-state index in [0.29, 0.717) is 38.3 Å². The lowest BCUT2D eigenvalue weighted by molar-refractivity contribution is -0.148. The number of fused-ring (bicyclic) bond motifs is 2. The predicted molar refractivity (Wildman–Crippen MR) is 95.1 cm³/mol. The Morgan fingerprint density at radius 2 is 1.80 bits per heavy atom. The predicted octanol–water partition coefficient (Wildman–Crippen LogP) is 3.46. The van der Waals surface area contributed by atoms with Crippen LogP contribution in [0.1, 0.15) is 50.5 Å². The molecule has 3 atom stereocenters. The average molecular weight is 341 g/mol. The maximum Gasteiger partial charge on any atom is 0.314 e. The molecule has 2 aliphatic carbocycles. The number of likely N-dealkylation sites (tertiary alicyclic amines) is 1. The Labute approximate surface area is 149 Å². The fraction of sp³-hybridized carbons (Fsp3) is 0.619. The van der Waals surface area contributed by atoms with Gasteiger partial charge in [0.05, 0.1) is 5.41 Å². The smallest absolute Gasteiger partial charge is 0.314 e.